The second-order valence-electron chi connectivity index (χ2n) is 4.76. The number of anilines is 1. The van der Waals surface area contributed by atoms with Gasteiger partial charge < -0.3 is 4.90 Å². The second kappa shape index (κ2) is 5.07. The Morgan fingerprint density at radius 3 is 2.47 bits per heavy atom. The molecule has 0 saturated carbocycles. The molecular weight excluding hydrogens is 236 g/mol. The van der Waals surface area contributed by atoms with E-state index in [4.69, 9.17) is 5.26 Å². The Hall–Kier alpha value is -2.41. The Morgan fingerprint density at radius 2 is 1.84 bits per heavy atom. The van der Waals surface area contributed by atoms with Crippen LogP contribution in [0.3, 0.4) is 0 Å². The van der Waals surface area contributed by atoms with E-state index in [0.717, 1.165) is 16.8 Å². The summed E-state index contributed by atoms with van der Waals surface area (Å²) in [5.74, 6) is 0.551. The summed E-state index contributed by atoms with van der Waals surface area (Å²) in [5.41, 5.74) is 4.52. The number of nitriles is 1. The van der Waals surface area contributed by atoms with Gasteiger partial charge in [0.2, 0.25) is 5.95 Å². The highest BCUT2D eigenvalue weighted by Gasteiger charge is 2.10. The summed E-state index contributed by atoms with van der Waals surface area (Å²) in [4.78, 5) is 10.5. The van der Waals surface area contributed by atoms with E-state index in [0.29, 0.717) is 11.6 Å². The number of hydrogen-bond donors (Lipinski definition) is 0. The quantitative estimate of drug-likeness (QED) is 0.824. The maximum absolute atomic E-state index is 9.08. The predicted octanol–water partition coefficient (Wildman–Crippen LogP) is 2.70. The maximum Gasteiger partial charge on any atom is 0.226 e. The van der Waals surface area contributed by atoms with Crippen LogP contribution in [0.25, 0.3) is 11.3 Å². The number of aromatic nitrogens is 2. The highest BCUT2D eigenvalue weighted by atomic mass is 15.2. The molecule has 96 valence electrons. The molecule has 0 fully saturated rings. The lowest BCUT2D eigenvalue weighted by Gasteiger charge is -2.13. The maximum atomic E-state index is 9.08. The first-order valence-corrected chi connectivity index (χ1v) is 6.05. The largest absolute Gasteiger partial charge is 0.347 e. The molecule has 2 rings (SSSR count). The van der Waals surface area contributed by atoms with Crippen LogP contribution in [0, 0.1) is 25.2 Å². The van der Waals surface area contributed by atoms with Gasteiger partial charge in [-0.3, -0.25) is 0 Å². The summed E-state index contributed by atoms with van der Waals surface area (Å²) in [6.45, 7) is 4.08. The van der Waals surface area contributed by atoms with Crippen molar-refractivity contribution >= 4 is 5.95 Å². The summed E-state index contributed by atoms with van der Waals surface area (Å²) in [5, 5.41) is 9.08. The van der Waals surface area contributed by atoms with Gasteiger partial charge in [0.1, 0.15) is 11.8 Å². The van der Waals surface area contributed by atoms with Crippen molar-refractivity contribution in [2.24, 2.45) is 0 Å². The number of hydrogen-bond acceptors (Lipinski definition) is 4. The fourth-order valence-corrected chi connectivity index (χ4v) is 1.84. The van der Waals surface area contributed by atoms with E-state index in [2.05, 4.69) is 34.2 Å². The molecular formula is C15H16N4. The van der Waals surface area contributed by atoms with Crippen LogP contribution in [0.1, 0.15) is 16.8 Å². The van der Waals surface area contributed by atoms with Gasteiger partial charge in [-0.25, -0.2) is 9.97 Å². The third kappa shape index (κ3) is 2.71. The molecule has 0 spiro atoms. The number of benzene rings is 1. The van der Waals surface area contributed by atoms with Gasteiger partial charge in [-0.05, 0) is 25.5 Å². The van der Waals surface area contributed by atoms with Gasteiger partial charge in [-0.1, -0.05) is 17.7 Å². The molecule has 1 heterocycles. The third-order valence-electron chi connectivity index (χ3n) is 2.90. The average molecular weight is 252 g/mol. The van der Waals surface area contributed by atoms with Crippen LogP contribution >= 0.6 is 0 Å². The summed E-state index contributed by atoms with van der Waals surface area (Å²) < 4.78 is 0. The van der Waals surface area contributed by atoms with Crippen molar-refractivity contribution in [2.45, 2.75) is 13.8 Å². The van der Waals surface area contributed by atoms with Gasteiger partial charge in [0.15, 0.2) is 0 Å². The first-order chi connectivity index (χ1) is 9.01. The van der Waals surface area contributed by atoms with Crippen LogP contribution in [-0.4, -0.2) is 24.1 Å². The predicted molar refractivity (Wildman–Crippen MR) is 76.0 cm³/mol. The van der Waals surface area contributed by atoms with E-state index < -0.39 is 0 Å². The Balaban J connectivity index is 2.65. The summed E-state index contributed by atoms with van der Waals surface area (Å²) in [6, 6.07) is 10.0. The molecule has 4 heteroatoms. The van der Waals surface area contributed by atoms with Gasteiger partial charge in [-0.2, -0.15) is 5.26 Å². The molecule has 0 unspecified atom stereocenters. The molecule has 0 aliphatic carbocycles. The van der Waals surface area contributed by atoms with E-state index in [1.54, 1.807) is 11.0 Å². The number of aryl methyl sites for hydroxylation is 2. The lowest BCUT2D eigenvalue weighted by molar-refractivity contribution is 0.992. The summed E-state index contributed by atoms with van der Waals surface area (Å²) in [6.07, 6.45) is 0. The molecule has 0 amide bonds. The van der Waals surface area contributed by atoms with Gasteiger partial charge in [-0.15, -0.1) is 0 Å². The fraction of sp³-hybridized carbons (Fsp3) is 0.267. The minimum Gasteiger partial charge on any atom is -0.347 e. The van der Waals surface area contributed by atoms with Gasteiger partial charge >= 0.3 is 0 Å². The van der Waals surface area contributed by atoms with Gasteiger partial charge in [0.25, 0.3) is 0 Å². The van der Waals surface area contributed by atoms with Crippen LogP contribution in [0.2, 0.25) is 0 Å². The molecule has 0 atom stereocenters. The molecule has 19 heavy (non-hydrogen) atoms. The van der Waals surface area contributed by atoms with Crippen molar-refractivity contribution in [1.29, 1.82) is 5.26 Å². The SMILES string of the molecule is Cc1ccc(C)c(-c2cc(C#N)nc(N(C)C)n2)c1. The van der Waals surface area contributed by atoms with Crippen molar-refractivity contribution in [3.05, 3.63) is 41.1 Å². The first kappa shape index (κ1) is 13.0. The normalized spacial score (nSPS) is 10.1. The molecule has 0 aliphatic heterocycles. The number of rotatable bonds is 2. The lowest BCUT2D eigenvalue weighted by Crippen LogP contribution is -2.13. The standard InChI is InChI=1S/C15H16N4/c1-10-5-6-11(2)13(7-10)14-8-12(9-16)17-15(18-14)19(3)4/h5-8H,1-4H3. The Bertz CT molecular complexity index is 654. The zero-order valence-electron chi connectivity index (χ0n) is 11.6. The van der Waals surface area contributed by atoms with Crippen LogP contribution in [0.4, 0.5) is 5.95 Å². The number of nitrogens with zero attached hydrogens (tertiary/aromatic N) is 4. The molecule has 4 nitrogen and oxygen atoms in total. The van der Waals surface area contributed by atoms with Crippen molar-refractivity contribution in [3.8, 4) is 17.3 Å². The molecule has 0 bridgehead atoms. The highest BCUT2D eigenvalue weighted by Crippen LogP contribution is 2.24. The summed E-state index contributed by atoms with van der Waals surface area (Å²) >= 11 is 0. The van der Waals surface area contributed by atoms with E-state index in [9.17, 15) is 0 Å². The first-order valence-electron chi connectivity index (χ1n) is 6.05. The Labute approximate surface area is 113 Å². The third-order valence-corrected chi connectivity index (χ3v) is 2.90. The van der Waals surface area contributed by atoms with E-state index in [1.807, 2.05) is 27.9 Å². The minimum atomic E-state index is 0.384. The topological polar surface area (TPSA) is 52.8 Å². The Morgan fingerprint density at radius 1 is 1.11 bits per heavy atom. The zero-order valence-corrected chi connectivity index (χ0v) is 11.6. The molecule has 0 N–H and O–H groups in total. The summed E-state index contributed by atoms with van der Waals surface area (Å²) in [7, 11) is 3.73. The molecule has 0 radical (unpaired) electrons. The Kier molecular flexibility index (Phi) is 3.48. The van der Waals surface area contributed by atoms with Crippen molar-refractivity contribution in [1.82, 2.24) is 9.97 Å². The van der Waals surface area contributed by atoms with Crippen molar-refractivity contribution < 1.29 is 0 Å². The molecule has 0 saturated heterocycles. The van der Waals surface area contributed by atoms with E-state index in [-0.39, 0.29) is 0 Å². The second-order valence-corrected chi connectivity index (χ2v) is 4.76. The lowest BCUT2D eigenvalue weighted by atomic mass is 10.0. The van der Waals surface area contributed by atoms with Crippen LogP contribution in [0.5, 0.6) is 0 Å². The molecule has 2 aromatic rings. The van der Waals surface area contributed by atoms with Gasteiger partial charge in [0.05, 0.1) is 5.69 Å². The fourth-order valence-electron chi connectivity index (χ4n) is 1.84. The van der Waals surface area contributed by atoms with Crippen molar-refractivity contribution in [3.63, 3.8) is 0 Å². The zero-order chi connectivity index (χ0) is 14.0. The van der Waals surface area contributed by atoms with Crippen molar-refractivity contribution in [2.75, 3.05) is 19.0 Å². The van der Waals surface area contributed by atoms with Gasteiger partial charge in [0, 0.05) is 25.7 Å². The highest BCUT2D eigenvalue weighted by molar-refractivity contribution is 5.66. The monoisotopic (exact) mass is 252 g/mol. The smallest absolute Gasteiger partial charge is 0.226 e. The molecule has 1 aromatic heterocycles. The van der Waals surface area contributed by atoms with Crippen LogP contribution in [0.15, 0.2) is 24.3 Å². The van der Waals surface area contributed by atoms with Crippen LogP contribution in [-0.2, 0) is 0 Å². The van der Waals surface area contributed by atoms with E-state index >= 15 is 0 Å². The van der Waals surface area contributed by atoms with Crippen LogP contribution < -0.4 is 4.90 Å². The molecule has 0 aliphatic rings. The average Bonchev–Trinajstić information content (AvgIpc) is 2.40. The van der Waals surface area contributed by atoms with E-state index in [1.165, 1.54) is 5.56 Å². The molecule has 1 aromatic carbocycles. The minimum absolute atomic E-state index is 0.384.